The molecular weight excluding hydrogens is 293 g/mol. The minimum Gasteiger partial charge on any atom is -0.330 e. The maximum atomic E-state index is 13.5. The van der Waals surface area contributed by atoms with E-state index in [0.29, 0.717) is 12.2 Å². The van der Waals surface area contributed by atoms with E-state index < -0.39 is 0 Å². The number of aromatic nitrogens is 2. The molecule has 1 aliphatic heterocycles. The molecule has 2 heterocycles. The first-order valence-corrected chi connectivity index (χ1v) is 8.36. The van der Waals surface area contributed by atoms with Crippen LogP contribution in [0.25, 0.3) is 0 Å². The Morgan fingerprint density at radius 3 is 3.00 bits per heavy atom. The zero-order valence-electron chi connectivity index (χ0n) is 13.0. The molecule has 1 aliphatic carbocycles. The molecule has 0 radical (unpaired) electrons. The van der Waals surface area contributed by atoms with E-state index in [2.05, 4.69) is 10.2 Å². The number of halogens is 1. The van der Waals surface area contributed by atoms with Gasteiger partial charge >= 0.3 is 0 Å². The van der Waals surface area contributed by atoms with E-state index in [9.17, 15) is 9.18 Å². The van der Waals surface area contributed by atoms with Crippen LogP contribution in [0.5, 0.6) is 0 Å². The van der Waals surface area contributed by atoms with Crippen LogP contribution in [-0.4, -0.2) is 27.5 Å². The molecule has 4 nitrogen and oxygen atoms in total. The van der Waals surface area contributed by atoms with E-state index in [1.807, 2.05) is 11.0 Å². The Labute approximate surface area is 134 Å². The first-order chi connectivity index (χ1) is 11.2. The predicted octanol–water partition coefficient (Wildman–Crippen LogP) is 3.40. The molecule has 1 aromatic carbocycles. The van der Waals surface area contributed by atoms with Crippen LogP contribution < -0.4 is 0 Å². The third kappa shape index (κ3) is 2.54. The van der Waals surface area contributed by atoms with Crippen molar-refractivity contribution in [1.82, 2.24) is 15.1 Å². The summed E-state index contributed by atoms with van der Waals surface area (Å²) in [4.78, 5) is 14.9. The van der Waals surface area contributed by atoms with E-state index >= 15 is 0 Å². The Morgan fingerprint density at radius 2 is 2.13 bits per heavy atom. The standard InChI is InChI=1S/C18H20FN3O/c19-13-6-3-5-12(11-13)16-9-4-10-22(16)18(23)17-14-7-1-2-8-15(14)20-21-17/h3,5-6,11,16H,1-2,4,7-10H2,(H,20,21)/t16-/m0/s1. The summed E-state index contributed by atoms with van der Waals surface area (Å²) < 4.78 is 13.5. The number of hydrogen-bond donors (Lipinski definition) is 1. The van der Waals surface area contributed by atoms with Crippen molar-refractivity contribution in [2.45, 2.75) is 44.6 Å². The summed E-state index contributed by atoms with van der Waals surface area (Å²) in [7, 11) is 0. The van der Waals surface area contributed by atoms with Crippen LogP contribution in [0, 0.1) is 5.82 Å². The van der Waals surface area contributed by atoms with Gasteiger partial charge in [-0.15, -0.1) is 0 Å². The lowest BCUT2D eigenvalue weighted by atomic mass is 9.95. The fourth-order valence-electron chi connectivity index (χ4n) is 3.86. The van der Waals surface area contributed by atoms with Crippen LogP contribution in [0.4, 0.5) is 4.39 Å². The average molecular weight is 313 g/mol. The number of likely N-dealkylation sites (tertiary alicyclic amines) is 1. The second-order valence-electron chi connectivity index (χ2n) is 6.45. The van der Waals surface area contributed by atoms with E-state index in [1.54, 1.807) is 6.07 Å². The maximum Gasteiger partial charge on any atom is 0.275 e. The highest BCUT2D eigenvalue weighted by Crippen LogP contribution is 2.34. The zero-order chi connectivity index (χ0) is 15.8. The van der Waals surface area contributed by atoms with Crippen molar-refractivity contribution in [1.29, 1.82) is 0 Å². The van der Waals surface area contributed by atoms with Crippen molar-refractivity contribution < 1.29 is 9.18 Å². The molecule has 120 valence electrons. The number of H-pyrrole nitrogens is 1. The molecule has 23 heavy (non-hydrogen) atoms. The van der Waals surface area contributed by atoms with Crippen molar-refractivity contribution in [3.05, 3.63) is 52.6 Å². The molecule has 4 rings (SSSR count). The lowest BCUT2D eigenvalue weighted by molar-refractivity contribution is 0.0728. The summed E-state index contributed by atoms with van der Waals surface area (Å²) in [5, 5.41) is 7.33. The Kier molecular flexibility index (Phi) is 3.63. The Balaban J connectivity index is 1.64. The first-order valence-electron chi connectivity index (χ1n) is 8.36. The van der Waals surface area contributed by atoms with Gasteiger partial charge in [0.15, 0.2) is 5.69 Å². The third-order valence-electron chi connectivity index (χ3n) is 5.01. The number of benzene rings is 1. The summed E-state index contributed by atoms with van der Waals surface area (Å²) in [5.41, 5.74) is 3.65. The number of rotatable bonds is 2. The van der Waals surface area contributed by atoms with Gasteiger partial charge in [-0.1, -0.05) is 12.1 Å². The number of hydrogen-bond acceptors (Lipinski definition) is 2. The molecule has 1 aromatic heterocycles. The highest BCUT2D eigenvalue weighted by atomic mass is 19.1. The van der Waals surface area contributed by atoms with E-state index in [1.165, 1.54) is 12.1 Å². The van der Waals surface area contributed by atoms with Crippen molar-refractivity contribution in [2.75, 3.05) is 6.54 Å². The molecule has 0 saturated carbocycles. The first kappa shape index (κ1) is 14.4. The Hall–Kier alpha value is -2.17. The number of fused-ring (bicyclic) bond motifs is 1. The second kappa shape index (κ2) is 5.80. The molecule has 2 aliphatic rings. The molecule has 0 unspecified atom stereocenters. The highest BCUT2D eigenvalue weighted by Gasteiger charge is 2.33. The van der Waals surface area contributed by atoms with Gasteiger partial charge in [0.05, 0.1) is 6.04 Å². The minimum absolute atomic E-state index is 0.0174. The number of nitrogens with zero attached hydrogens (tertiary/aromatic N) is 2. The summed E-state index contributed by atoms with van der Waals surface area (Å²) in [6, 6.07) is 6.54. The normalized spacial score (nSPS) is 20.6. The molecule has 1 fully saturated rings. The summed E-state index contributed by atoms with van der Waals surface area (Å²) in [5.74, 6) is -0.268. The predicted molar refractivity (Wildman–Crippen MR) is 84.6 cm³/mol. The monoisotopic (exact) mass is 313 g/mol. The molecule has 2 aromatic rings. The number of carbonyl (C=O) groups excluding carboxylic acids is 1. The van der Waals surface area contributed by atoms with Crippen molar-refractivity contribution in [3.63, 3.8) is 0 Å². The average Bonchev–Trinajstić information content (AvgIpc) is 3.21. The fourth-order valence-corrected chi connectivity index (χ4v) is 3.86. The van der Waals surface area contributed by atoms with Gasteiger partial charge in [0.1, 0.15) is 5.82 Å². The Morgan fingerprint density at radius 1 is 1.26 bits per heavy atom. The molecule has 5 heteroatoms. The van der Waals surface area contributed by atoms with Crippen LogP contribution >= 0.6 is 0 Å². The van der Waals surface area contributed by atoms with Crippen LogP contribution in [-0.2, 0) is 12.8 Å². The Bertz CT molecular complexity index is 740. The van der Waals surface area contributed by atoms with Gasteiger partial charge in [0, 0.05) is 17.8 Å². The number of aromatic amines is 1. The van der Waals surface area contributed by atoms with Crippen LogP contribution in [0.15, 0.2) is 24.3 Å². The molecule has 0 spiro atoms. The lowest BCUT2D eigenvalue weighted by Gasteiger charge is -2.25. The topological polar surface area (TPSA) is 49.0 Å². The van der Waals surface area contributed by atoms with Gasteiger partial charge in [-0.25, -0.2) is 4.39 Å². The van der Waals surface area contributed by atoms with Crippen molar-refractivity contribution in [2.24, 2.45) is 0 Å². The van der Waals surface area contributed by atoms with Gasteiger partial charge in [-0.05, 0) is 56.2 Å². The SMILES string of the molecule is O=C(c1n[nH]c2c1CCCC2)N1CCC[C@H]1c1cccc(F)c1. The highest BCUT2D eigenvalue weighted by molar-refractivity contribution is 5.94. The zero-order valence-corrected chi connectivity index (χ0v) is 13.0. The van der Waals surface area contributed by atoms with E-state index in [4.69, 9.17) is 0 Å². The van der Waals surface area contributed by atoms with Gasteiger partial charge in [0.2, 0.25) is 0 Å². The minimum atomic E-state index is -0.251. The molecular formula is C18H20FN3O. The van der Waals surface area contributed by atoms with Gasteiger partial charge < -0.3 is 4.90 Å². The molecule has 1 saturated heterocycles. The number of amides is 1. The molecule has 1 N–H and O–H groups in total. The van der Waals surface area contributed by atoms with Crippen LogP contribution in [0.2, 0.25) is 0 Å². The second-order valence-corrected chi connectivity index (χ2v) is 6.45. The molecule has 1 atom stereocenters. The van der Waals surface area contributed by atoms with Gasteiger partial charge in [0.25, 0.3) is 5.91 Å². The number of aryl methyl sites for hydroxylation is 1. The number of carbonyl (C=O) groups is 1. The van der Waals surface area contributed by atoms with Crippen LogP contribution in [0.3, 0.4) is 0 Å². The lowest BCUT2D eigenvalue weighted by Crippen LogP contribution is -2.31. The van der Waals surface area contributed by atoms with E-state index in [-0.39, 0.29) is 17.8 Å². The number of nitrogens with one attached hydrogen (secondary N) is 1. The van der Waals surface area contributed by atoms with Crippen molar-refractivity contribution in [3.8, 4) is 0 Å². The van der Waals surface area contributed by atoms with E-state index in [0.717, 1.165) is 55.3 Å². The maximum absolute atomic E-state index is 13.5. The quantitative estimate of drug-likeness (QED) is 0.923. The summed E-state index contributed by atoms with van der Waals surface area (Å²) >= 11 is 0. The molecule has 0 bridgehead atoms. The third-order valence-corrected chi connectivity index (χ3v) is 5.01. The van der Waals surface area contributed by atoms with Crippen molar-refractivity contribution >= 4 is 5.91 Å². The van der Waals surface area contributed by atoms with Crippen LogP contribution in [0.1, 0.15) is 59.0 Å². The fraction of sp³-hybridized carbons (Fsp3) is 0.444. The molecule has 1 amide bonds. The summed E-state index contributed by atoms with van der Waals surface area (Å²) in [6.07, 6.45) is 5.98. The van der Waals surface area contributed by atoms with Gasteiger partial charge in [-0.3, -0.25) is 9.89 Å². The smallest absolute Gasteiger partial charge is 0.275 e. The summed E-state index contributed by atoms with van der Waals surface area (Å²) in [6.45, 7) is 0.710. The van der Waals surface area contributed by atoms with Gasteiger partial charge in [-0.2, -0.15) is 5.10 Å². The largest absolute Gasteiger partial charge is 0.330 e.